The van der Waals surface area contributed by atoms with Crippen LogP contribution in [0.4, 0.5) is 0 Å². The summed E-state index contributed by atoms with van der Waals surface area (Å²) >= 11 is 0. The van der Waals surface area contributed by atoms with Crippen LogP contribution in [0.3, 0.4) is 0 Å². The summed E-state index contributed by atoms with van der Waals surface area (Å²) in [6, 6.07) is 6.84. The molecule has 1 unspecified atom stereocenters. The number of nitrogens with zero attached hydrogens (tertiary/aromatic N) is 1. The highest BCUT2D eigenvalue weighted by Crippen LogP contribution is 2.45. The molecule has 4 nitrogen and oxygen atoms in total. The molecule has 2 atom stereocenters. The smallest absolute Gasteiger partial charge is 0.125 e. The zero-order valence-corrected chi connectivity index (χ0v) is 12.0. The molecule has 1 aliphatic carbocycles. The first-order valence-corrected chi connectivity index (χ1v) is 7.56. The lowest BCUT2D eigenvalue weighted by Crippen LogP contribution is -2.45. The molecule has 0 amide bonds. The Bertz CT molecular complexity index is 529. The normalized spacial score (nSPS) is 33.0. The molecule has 108 valence electrons. The van der Waals surface area contributed by atoms with Crippen molar-refractivity contribution in [2.75, 3.05) is 20.2 Å². The molecule has 2 N–H and O–H groups in total. The summed E-state index contributed by atoms with van der Waals surface area (Å²) in [4.78, 5) is 2.58. The summed E-state index contributed by atoms with van der Waals surface area (Å²) in [6.45, 7) is 2.19. The standard InChI is InChI=1S/C16H22N2O2/c1-19-12-4-5-15-13(8-12)14(17)9-16(20-15)6-7-18(10-16)11-2-3-11/h4-5,8,11,14H,2-3,6-7,9-10,17H2,1H3/t14-,16?/m1/s1. The minimum absolute atomic E-state index is 0.0491. The second-order valence-electron chi connectivity index (χ2n) is 6.45. The molecule has 1 saturated heterocycles. The fourth-order valence-corrected chi connectivity index (χ4v) is 3.70. The van der Waals surface area contributed by atoms with Crippen LogP contribution >= 0.6 is 0 Å². The first-order valence-electron chi connectivity index (χ1n) is 7.56. The van der Waals surface area contributed by atoms with Crippen molar-refractivity contribution in [1.29, 1.82) is 0 Å². The predicted molar refractivity (Wildman–Crippen MR) is 77.1 cm³/mol. The molecule has 2 aliphatic heterocycles. The maximum Gasteiger partial charge on any atom is 0.125 e. The van der Waals surface area contributed by atoms with Crippen LogP contribution in [0.5, 0.6) is 11.5 Å². The van der Waals surface area contributed by atoms with Gasteiger partial charge in [0.1, 0.15) is 17.1 Å². The van der Waals surface area contributed by atoms with Crippen molar-refractivity contribution in [3.63, 3.8) is 0 Å². The Morgan fingerprint density at radius 3 is 3.00 bits per heavy atom. The van der Waals surface area contributed by atoms with Crippen molar-refractivity contribution in [3.8, 4) is 11.5 Å². The molecule has 4 rings (SSSR count). The summed E-state index contributed by atoms with van der Waals surface area (Å²) in [6.07, 6.45) is 4.73. The number of rotatable bonds is 2. The molecule has 1 spiro atoms. The second kappa shape index (κ2) is 4.37. The van der Waals surface area contributed by atoms with Gasteiger partial charge >= 0.3 is 0 Å². The number of hydrogen-bond donors (Lipinski definition) is 1. The van der Waals surface area contributed by atoms with Crippen LogP contribution in [0.2, 0.25) is 0 Å². The molecule has 4 heteroatoms. The Labute approximate surface area is 119 Å². The van der Waals surface area contributed by atoms with Gasteiger partial charge in [0.25, 0.3) is 0 Å². The third kappa shape index (κ3) is 1.98. The van der Waals surface area contributed by atoms with Crippen LogP contribution in [0, 0.1) is 0 Å². The molecule has 20 heavy (non-hydrogen) atoms. The molecule has 1 aromatic carbocycles. The van der Waals surface area contributed by atoms with Crippen molar-refractivity contribution in [1.82, 2.24) is 4.90 Å². The van der Waals surface area contributed by atoms with Gasteiger partial charge in [-0.15, -0.1) is 0 Å². The monoisotopic (exact) mass is 274 g/mol. The molecule has 2 heterocycles. The summed E-state index contributed by atoms with van der Waals surface area (Å²) < 4.78 is 11.7. The number of hydrogen-bond acceptors (Lipinski definition) is 4. The lowest BCUT2D eigenvalue weighted by molar-refractivity contribution is 0.0432. The third-order valence-electron chi connectivity index (χ3n) is 4.94. The second-order valence-corrected chi connectivity index (χ2v) is 6.45. The molecule has 0 bridgehead atoms. The first kappa shape index (κ1) is 12.5. The highest BCUT2D eigenvalue weighted by molar-refractivity contribution is 5.44. The van der Waals surface area contributed by atoms with Gasteiger partial charge in [0.05, 0.1) is 7.11 Å². The Kier molecular flexibility index (Phi) is 2.72. The molecule has 1 saturated carbocycles. The highest BCUT2D eigenvalue weighted by atomic mass is 16.5. The van der Waals surface area contributed by atoms with Crippen LogP contribution in [-0.4, -0.2) is 36.7 Å². The minimum atomic E-state index is -0.0659. The van der Waals surface area contributed by atoms with E-state index in [1.807, 2.05) is 18.2 Å². The molecule has 2 fully saturated rings. The van der Waals surface area contributed by atoms with Gasteiger partial charge in [0.2, 0.25) is 0 Å². The van der Waals surface area contributed by atoms with Crippen molar-refractivity contribution >= 4 is 0 Å². The molecular formula is C16H22N2O2. The van der Waals surface area contributed by atoms with Gasteiger partial charge in [-0.25, -0.2) is 0 Å². The fraction of sp³-hybridized carbons (Fsp3) is 0.625. The van der Waals surface area contributed by atoms with E-state index < -0.39 is 0 Å². The van der Waals surface area contributed by atoms with Crippen LogP contribution in [0.25, 0.3) is 0 Å². The molecular weight excluding hydrogens is 252 g/mol. The van der Waals surface area contributed by atoms with E-state index >= 15 is 0 Å². The molecule has 1 aromatic rings. The Hall–Kier alpha value is -1.26. The van der Waals surface area contributed by atoms with Crippen molar-refractivity contribution in [2.45, 2.75) is 43.4 Å². The number of ether oxygens (including phenoxy) is 2. The predicted octanol–water partition coefficient (Wildman–Crippen LogP) is 2.08. The molecule has 0 radical (unpaired) electrons. The van der Waals surface area contributed by atoms with E-state index in [4.69, 9.17) is 15.2 Å². The largest absolute Gasteiger partial charge is 0.497 e. The summed E-state index contributed by atoms with van der Waals surface area (Å²) in [7, 11) is 1.68. The average Bonchev–Trinajstić information content (AvgIpc) is 3.22. The van der Waals surface area contributed by atoms with Gasteiger partial charge in [0, 0.05) is 43.6 Å². The number of benzene rings is 1. The van der Waals surface area contributed by atoms with Gasteiger partial charge in [-0.3, -0.25) is 4.90 Å². The van der Waals surface area contributed by atoms with E-state index in [0.717, 1.165) is 49.0 Å². The molecule has 0 aromatic heterocycles. The van der Waals surface area contributed by atoms with Gasteiger partial charge < -0.3 is 15.2 Å². The van der Waals surface area contributed by atoms with Crippen molar-refractivity contribution in [3.05, 3.63) is 23.8 Å². The number of fused-ring (bicyclic) bond motifs is 1. The van der Waals surface area contributed by atoms with Crippen molar-refractivity contribution < 1.29 is 9.47 Å². The zero-order chi connectivity index (χ0) is 13.7. The van der Waals surface area contributed by atoms with Crippen LogP contribution in [0.15, 0.2) is 18.2 Å². The number of nitrogens with two attached hydrogens (primary N) is 1. The summed E-state index contributed by atoms with van der Waals surface area (Å²) in [5.41, 5.74) is 7.42. The average molecular weight is 274 g/mol. The number of likely N-dealkylation sites (tertiary alicyclic amines) is 1. The first-order chi connectivity index (χ1) is 9.69. The topological polar surface area (TPSA) is 47.7 Å². The van der Waals surface area contributed by atoms with Crippen molar-refractivity contribution in [2.24, 2.45) is 5.73 Å². The fourth-order valence-electron chi connectivity index (χ4n) is 3.70. The lowest BCUT2D eigenvalue weighted by atomic mass is 9.87. The van der Waals surface area contributed by atoms with Crippen LogP contribution in [0.1, 0.15) is 37.3 Å². The van der Waals surface area contributed by atoms with E-state index in [1.54, 1.807) is 7.11 Å². The third-order valence-corrected chi connectivity index (χ3v) is 4.94. The SMILES string of the molecule is COc1ccc2c(c1)[C@H](N)CC1(CCN(C3CC3)C1)O2. The Morgan fingerprint density at radius 2 is 2.25 bits per heavy atom. The summed E-state index contributed by atoms with van der Waals surface area (Å²) in [5.74, 6) is 1.80. The van der Waals surface area contributed by atoms with Gasteiger partial charge in [-0.2, -0.15) is 0 Å². The minimum Gasteiger partial charge on any atom is -0.497 e. The van der Waals surface area contributed by atoms with E-state index in [-0.39, 0.29) is 11.6 Å². The van der Waals surface area contributed by atoms with Gasteiger partial charge in [0.15, 0.2) is 0 Å². The maximum atomic E-state index is 6.41. The quantitative estimate of drug-likeness (QED) is 0.897. The van der Waals surface area contributed by atoms with E-state index in [2.05, 4.69) is 4.90 Å². The molecule has 3 aliphatic rings. The van der Waals surface area contributed by atoms with Gasteiger partial charge in [-0.1, -0.05) is 0 Å². The van der Waals surface area contributed by atoms with Crippen LogP contribution in [-0.2, 0) is 0 Å². The lowest BCUT2D eigenvalue weighted by Gasteiger charge is -2.39. The maximum absolute atomic E-state index is 6.41. The number of methoxy groups -OCH3 is 1. The van der Waals surface area contributed by atoms with Crippen LogP contribution < -0.4 is 15.2 Å². The van der Waals surface area contributed by atoms with E-state index in [1.165, 1.54) is 12.8 Å². The van der Waals surface area contributed by atoms with E-state index in [9.17, 15) is 0 Å². The Balaban J connectivity index is 1.60. The highest BCUT2D eigenvalue weighted by Gasteiger charge is 2.48. The summed E-state index contributed by atoms with van der Waals surface area (Å²) in [5, 5.41) is 0. The van der Waals surface area contributed by atoms with Gasteiger partial charge in [-0.05, 0) is 31.0 Å². The van der Waals surface area contributed by atoms with E-state index in [0.29, 0.717) is 0 Å². The Morgan fingerprint density at radius 1 is 1.40 bits per heavy atom. The zero-order valence-electron chi connectivity index (χ0n) is 12.0.